The topological polar surface area (TPSA) is 118 Å². The number of rotatable bonds is 4. The van der Waals surface area contributed by atoms with Gasteiger partial charge < -0.3 is 21.9 Å². The van der Waals surface area contributed by atoms with Gasteiger partial charge in [0.05, 0.1) is 11.3 Å². The lowest BCUT2D eigenvalue weighted by Crippen LogP contribution is -2.47. The molecule has 1 atom stereocenters. The second kappa shape index (κ2) is 5.39. The predicted molar refractivity (Wildman–Crippen MR) is 67.8 cm³/mol. The van der Waals surface area contributed by atoms with E-state index in [2.05, 4.69) is 5.32 Å². The van der Waals surface area contributed by atoms with Crippen LogP contribution >= 0.6 is 0 Å². The van der Waals surface area contributed by atoms with Gasteiger partial charge in [-0.3, -0.25) is 9.59 Å². The van der Waals surface area contributed by atoms with Crippen LogP contribution in [0.25, 0.3) is 0 Å². The number of carbonyl (C=O) groups excluding carboxylic acids is 2. The van der Waals surface area contributed by atoms with Crippen LogP contribution < -0.4 is 16.8 Å². The van der Waals surface area contributed by atoms with Gasteiger partial charge in [0.25, 0.3) is 5.91 Å². The van der Waals surface area contributed by atoms with Gasteiger partial charge in [-0.05, 0) is 18.1 Å². The van der Waals surface area contributed by atoms with Gasteiger partial charge in [0.2, 0.25) is 5.91 Å². The average Bonchev–Trinajstić information content (AvgIpc) is 2.28. The number of nitrogens with one attached hydrogen (secondary N) is 1. The Bertz CT molecular complexity index is 472. The number of amides is 2. The molecule has 1 aromatic rings. The minimum atomic E-state index is -0.793. The van der Waals surface area contributed by atoms with Crippen molar-refractivity contribution in [2.24, 2.45) is 11.7 Å². The smallest absolute Gasteiger partial charge is 0.255 e. The summed E-state index contributed by atoms with van der Waals surface area (Å²) in [6.45, 7) is 3.52. The number of hydrogen-bond acceptors (Lipinski definition) is 4. The Balaban J connectivity index is 2.94. The molecular formula is C12H17N3O3. The molecular weight excluding hydrogens is 234 g/mol. The molecule has 0 aliphatic carbocycles. The Morgan fingerprint density at radius 2 is 1.94 bits per heavy atom. The molecule has 18 heavy (non-hydrogen) atoms. The van der Waals surface area contributed by atoms with Crippen LogP contribution in [0.5, 0.6) is 5.75 Å². The van der Waals surface area contributed by atoms with Crippen LogP contribution in [0.2, 0.25) is 0 Å². The molecule has 98 valence electrons. The summed E-state index contributed by atoms with van der Waals surface area (Å²) < 4.78 is 0. The zero-order chi connectivity index (χ0) is 13.9. The molecule has 1 aromatic carbocycles. The fourth-order valence-corrected chi connectivity index (χ4v) is 1.53. The summed E-state index contributed by atoms with van der Waals surface area (Å²) in [5, 5.41) is 12.1. The van der Waals surface area contributed by atoms with Crippen molar-refractivity contribution in [3.05, 3.63) is 23.8 Å². The summed E-state index contributed by atoms with van der Waals surface area (Å²) in [5.74, 6) is -1.66. The average molecular weight is 251 g/mol. The summed E-state index contributed by atoms with van der Waals surface area (Å²) in [4.78, 5) is 23.1. The highest BCUT2D eigenvalue weighted by molar-refractivity contribution is 6.00. The third-order valence-corrected chi connectivity index (χ3v) is 2.57. The molecule has 1 unspecified atom stereocenters. The van der Waals surface area contributed by atoms with Gasteiger partial charge >= 0.3 is 0 Å². The SMILES string of the molecule is CC(C)C(NC(=O)c1cccc(N)c1O)C(N)=O. The van der Waals surface area contributed by atoms with Crippen LogP contribution in [0, 0.1) is 5.92 Å². The third-order valence-electron chi connectivity index (χ3n) is 2.57. The molecule has 0 saturated heterocycles. The van der Waals surface area contributed by atoms with E-state index in [9.17, 15) is 14.7 Å². The summed E-state index contributed by atoms with van der Waals surface area (Å²) in [6.07, 6.45) is 0. The Labute approximate surface area is 105 Å². The maximum absolute atomic E-state index is 11.9. The van der Waals surface area contributed by atoms with Crippen molar-refractivity contribution in [3.63, 3.8) is 0 Å². The summed E-state index contributed by atoms with van der Waals surface area (Å²) >= 11 is 0. The first-order chi connectivity index (χ1) is 8.34. The van der Waals surface area contributed by atoms with E-state index in [4.69, 9.17) is 11.5 Å². The minimum absolute atomic E-state index is 0.0156. The van der Waals surface area contributed by atoms with Gasteiger partial charge in [0.1, 0.15) is 6.04 Å². The van der Waals surface area contributed by atoms with Crippen molar-refractivity contribution >= 4 is 17.5 Å². The summed E-state index contributed by atoms with van der Waals surface area (Å²) in [6, 6.07) is 3.64. The lowest BCUT2D eigenvalue weighted by atomic mass is 10.0. The van der Waals surface area contributed by atoms with Gasteiger partial charge in [-0.15, -0.1) is 0 Å². The number of aromatic hydroxyl groups is 1. The van der Waals surface area contributed by atoms with Crippen molar-refractivity contribution in [2.45, 2.75) is 19.9 Å². The fourth-order valence-electron chi connectivity index (χ4n) is 1.53. The van der Waals surface area contributed by atoms with Crippen LogP contribution in [0.1, 0.15) is 24.2 Å². The molecule has 2 amide bonds. The molecule has 0 aliphatic heterocycles. The van der Waals surface area contributed by atoms with E-state index in [0.717, 1.165) is 0 Å². The number of anilines is 1. The zero-order valence-corrected chi connectivity index (χ0v) is 10.3. The Kier molecular flexibility index (Phi) is 4.14. The normalized spacial score (nSPS) is 12.2. The van der Waals surface area contributed by atoms with Crippen molar-refractivity contribution in [2.75, 3.05) is 5.73 Å². The minimum Gasteiger partial charge on any atom is -0.505 e. The number of benzene rings is 1. The Hall–Kier alpha value is -2.24. The van der Waals surface area contributed by atoms with Gasteiger partial charge in [-0.1, -0.05) is 19.9 Å². The molecule has 0 radical (unpaired) electrons. The van der Waals surface area contributed by atoms with Crippen molar-refractivity contribution < 1.29 is 14.7 Å². The molecule has 0 spiro atoms. The lowest BCUT2D eigenvalue weighted by Gasteiger charge is -2.19. The Morgan fingerprint density at radius 3 is 2.44 bits per heavy atom. The quantitative estimate of drug-likeness (QED) is 0.452. The molecule has 0 heterocycles. The highest BCUT2D eigenvalue weighted by Gasteiger charge is 2.23. The predicted octanol–water partition coefficient (Wildman–Crippen LogP) is 0.214. The molecule has 0 aliphatic rings. The van der Waals surface area contributed by atoms with E-state index in [1.165, 1.54) is 12.1 Å². The molecule has 6 N–H and O–H groups in total. The highest BCUT2D eigenvalue weighted by Crippen LogP contribution is 2.24. The molecule has 0 bridgehead atoms. The maximum atomic E-state index is 11.9. The summed E-state index contributed by atoms with van der Waals surface area (Å²) in [5.41, 5.74) is 10.8. The molecule has 0 aromatic heterocycles. The second-order valence-corrected chi connectivity index (χ2v) is 4.34. The molecule has 0 fully saturated rings. The van der Waals surface area contributed by atoms with Gasteiger partial charge in [-0.2, -0.15) is 0 Å². The van der Waals surface area contributed by atoms with Crippen molar-refractivity contribution in [1.82, 2.24) is 5.32 Å². The van der Waals surface area contributed by atoms with Crippen LogP contribution in [0.15, 0.2) is 18.2 Å². The van der Waals surface area contributed by atoms with Crippen LogP contribution in [-0.4, -0.2) is 23.0 Å². The van der Waals surface area contributed by atoms with Crippen molar-refractivity contribution in [3.8, 4) is 5.75 Å². The van der Waals surface area contributed by atoms with E-state index in [1.54, 1.807) is 19.9 Å². The van der Waals surface area contributed by atoms with E-state index >= 15 is 0 Å². The van der Waals surface area contributed by atoms with Crippen molar-refractivity contribution in [1.29, 1.82) is 0 Å². The number of para-hydroxylation sites is 1. The van der Waals surface area contributed by atoms with E-state index in [-0.39, 0.29) is 22.9 Å². The number of carbonyl (C=O) groups is 2. The maximum Gasteiger partial charge on any atom is 0.255 e. The van der Waals surface area contributed by atoms with Gasteiger partial charge in [-0.25, -0.2) is 0 Å². The summed E-state index contributed by atoms with van der Waals surface area (Å²) in [7, 11) is 0. The lowest BCUT2D eigenvalue weighted by molar-refractivity contribution is -0.120. The number of phenolic OH excluding ortho intramolecular Hbond substituents is 1. The number of phenols is 1. The molecule has 0 saturated carbocycles. The number of primary amides is 1. The first kappa shape index (κ1) is 13.8. The van der Waals surface area contributed by atoms with E-state index in [1.807, 2.05) is 0 Å². The molecule has 6 heteroatoms. The third kappa shape index (κ3) is 2.91. The molecule has 1 rings (SSSR count). The second-order valence-electron chi connectivity index (χ2n) is 4.34. The van der Waals surface area contributed by atoms with E-state index < -0.39 is 17.9 Å². The standard InChI is InChI=1S/C12H17N3O3/c1-6(2)9(11(14)17)15-12(18)7-4-3-5-8(13)10(7)16/h3-6,9,16H,13H2,1-2H3,(H2,14,17)(H,15,18). The monoisotopic (exact) mass is 251 g/mol. The first-order valence-corrected chi connectivity index (χ1v) is 5.52. The number of nitrogen functional groups attached to an aromatic ring is 1. The van der Waals surface area contributed by atoms with Gasteiger partial charge in [0, 0.05) is 0 Å². The molecule has 6 nitrogen and oxygen atoms in total. The first-order valence-electron chi connectivity index (χ1n) is 5.52. The largest absolute Gasteiger partial charge is 0.505 e. The van der Waals surface area contributed by atoms with E-state index in [0.29, 0.717) is 0 Å². The van der Waals surface area contributed by atoms with Crippen LogP contribution in [0.3, 0.4) is 0 Å². The Morgan fingerprint density at radius 1 is 1.33 bits per heavy atom. The fraction of sp³-hybridized carbons (Fsp3) is 0.333. The zero-order valence-electron chi connectivity index (χ0n) is 10.3. The van der Waals surface area contributed by atoms with Crippen LogP contribution in [-0.2, 0) is 4.79 Å². The van der Waals surface area contributed by atoms with Crippen LogP contribution in [0.4, 0.5) is 5.69 Å². The van der Waals surface area contributed by atoms with Gasteiger partial charge in [0.15, 0.2) is 5.75 Å². The number of nitrogens with two attached hydrogens (primary N) is 2. The highest BCUT2D eigenvalue weighted by atomic mass is 16.3. The number of hydrogen-bond donors (Lipinski definition) is 4.